The predicted octanol–water partition coefficient (Wildman–Crippen LogP) is 0.255. The van der Waals surface area contributed by atoms with Crippen LogP contribution in [-0.2, 0) is 0 Å². The van der Waals surface area contributed by atoms with Crippen LogP contribution < -0.4 is 16.8 Å². The van der Waals surface area contributed by atoms with E-state index in [0.717, 1.165) is 13.1 Å². The summed E-state index contributed by atoms with van der Waals surface area (Å²) < 4.78 is 0. The molecule has 1 aliphatic rings. The van der Waals surface area contributed by atoms with E-state index in [4.69, 9.17) is 34.7 Å². The van der Waals surface area contributed by atoms with Crippen molar-refractivity contribution in [1.82, 2.24) is 10.2 Å². The summed E-state index contributed by atoms with van der Waals surface area (Å²) in [4.78, 5) is 1.91. The molecule has 1 rings (SSSR count). The standard InChI is InChI=1S/C7H12Cl2N4/c1-13-3-2-12-4(6(8)10)5(13)7(9)11/h12H,2-3,10-11H2,1H3/b6-4+,7-5+. The summed E-state index contributed by atoms with van der Waals surface area (Å²) in [7, 11) is 1.88. The maximum Gasteiger partial charge on any atom is 0.125 e. The van der Waals surface area contributed by atoms with Crippen LogP contribution in [0.3, 0.4) is 0 Å². The lowest BCUT2D eigenvalue weighted by Crippen LogP contribution is -2.40. The molecule has 1 heterocycles. The average molecular weight is 223 g/mol. The Kier molecular flexibility index (Phi) is 3.17. The minimum absolute atomic E-state index is 0.171. The summed E-state index contributed by atoms with van der Waals surface area (Å²) in [5, 5.41) is 3.40. The van der Waals surface area contributed by atoms with Crippen LogP contribution in [0.2, 0.25) is 0 Å². The van der Waals surface area contributed by atoms with Gasteiger partial charge in [-0.25, -0.2) is 0 Å². The highest BCUT2D eigenvalue weighted by Gasteiger charge is 2.20. The first kappa shape index (κ1) is 10.3. The van der Waals surface area contributed by atoms with Crippen molar-refractivity contribution in [3.05, 3.63) is 21.7 Å². The van der Waals surface area contributed by atoms with Gasteiger partial charge in [-0.3, -0.25) is 0 Å². The first-order chi connectivity index (χ1) is 6.04. The molecular weight excluding hydrogens is 211 g/mol. The Labute approximate surface area is 87.1 Å². The van der Waals surface area contributed by atoms with Crippen molar-refractivity contribution in [2.45, 2.75) is 0 Å². The third-order valence-electron chi connectivity index (χ3n) is 1.83. The molecule has 0 radical (unpaired) electrons. The van der Waals surface area contributed by atoms with Gasteiger partial charge in [-0.2, -0.15) is 0 Å². The Balaban J connectivity index is 3.10. The van der Waals surface area contributed by atoms with Crippen LogP contribution in [-0.4, -0.2) is 25.0 Å². The van der Waals surface area contributed by atoms with Gasteiger partial charge in [-0.15, -0.1) is 0 Å². The lowest BCUT2D eigenvalue weighted by Gasteiger charge is -2.31. The Morgan fingerprint density at radius 1 is 1.38 bits per heavy atom. The number of hydrogen-bond donors (Lipinski definition) is 3. The molecule has 0 saturated carbocycles. The fourth-order valence-corrected chi connectivity index (χ4v) is 1.63. The van der Waals surface area contributed by atoms with E-state index in [1.165, 1.54) is 0 Å². The lowest BCUT2D eigenvalue weighted by molar-refractivity contribution is 0.382. The largest absolute Gasteiger partial charge is 0.388 e. The molecule has 0 aromatic rings. The summed E-state index contributed by atoms with van der Waals surface area (Å²) in [5.41, 5.74) is 12.2. The number of halogens is 2. The third kappa shape index (κ3) is 2.14. The monoisotopic (exact) mass is 222 g/mol. The second kappa shape index (κ2) is 3.98. The van der Waals surface area contributed by atoms with E-state index in [1.807, 2.05) is 11.9 Å². The van der Waals surface area contributed by atoms with Gasteiger partial charge in [-0.05, 0) is 0 Å². The van der Waals surface area contributed by atoms with Crippen LogP contribution >= 0.6 is 23.2 Å². The van der Waals surface area contributed by atoms with Crippen molar-refractivity contribution >= 4 is 23.2 Å². The molecule has 4 nitrogen and oxygen atoms in total. The van der Waals surface area contributed by atoms with Crippen molar-refractivity contribution in [2.75, 3.05) is 20.1 Å². The normalized spacial score (nSPS) is 25.3. The van der Waals surface area contributed by atoms with Crippen LogP contribution in [0.5, 0.6) is 0 Å². The predicted molar refractivity (Wildman–Crippen MR) is 54.8 cm³/mol. The molecule has 0 aromatic heterocycles. The van der Waals surface area contributed by atoms with Gasteiger partial charge >= 0.3 is 0 Å². The highest BCUT2D eigenvalue weighted by Crippen LogP contribution is 2.21. The molecule has 0 amide bonds. The molecule has 0 spiro atoms. The highest BCUT2D eigenvalue weighted by molar-refractivity contribution is 6.31. The Morgan fingerprint density at radius 3 is 2.38 bits per heavy atom. The van der Waals surface area contributed by atoms with E-state index in [0.29, 0.717) is 11.4 Å². The van der Waals surface area contributed by atoms with Gasteiger partial charge in [0.25, 0.3) is 0 Å². The molecule has 1 saturated heterocycles. The minimum atomic E-state index is 0.171. The topological polar surface area (TPSA) is 67.3 Å². The van der Waals surface area contributed by atoms with Gasteiger partial charge in [0, 0.05) is 20.1 Å². The number of likely N-dealkylation sites (N-methyl/N-ethyl adjacent to an activating group) is 1. The maximum absolute atomic E-state index is 5.72. The van der Waals surface area contributed by atoms with E-state index in [1.54, 1.807) is 0 Å². The van der Waals surface area contributed by atoms with Crippen LogP contribution in [0.4, 0.5) is 0 Å². The lowest BCUT2D eigenvalue weighted by atomic mass is 10.2. The molecule has 0 bridgehead atoms. The van der Waals surface area contributed by atoms with E-state index < -0.39 is 0 Å². The van der Waals surface area contributed by atoms with Crippen molar-refractivity contribution < 1.29 is 0 Å². The molecular formula is C7H12Cl2N4. The number of nitrogens with one attached hydrogen (secondary N) is 1. The van der Waals surface area contributed by atoms with Gasteiger partial charge in [0.15, 0.2) is 0 Å². The highest BCUT2D eigenvalue weighted by atomic mass is 35.5. The summed E-state index contributed by atoms with van der Waals surface area (Å²) in [6.07, 6.45) is 0. The quantitative estimate of drug-likeness (QED) is 0.515. The molecule has 0 unspecified atom stereocenters. The zero-order chi connectivity index (χ0) is 10.0. The van der Waals surface area contributed by atoms with Crippen LogP contribution in [0.15, 0.2) is 21.7 Å². The molecule has 1 fully saturated rings. The summed E-state index contributed by atoms with van der Waals surface area (Å²) >= 11 is 11.4. The third-order valence-corrected chi connectivity index (χ3v) is 2.20. The molecule has 1 aliphatic heterocycles. The van der Waals surface area contributed by atoms with Crippen LogP contribution in [0, 0.1) is 0 Å². The first-order valence-corrected chi connectivity index (χ1v) is 4.55. The number of nitrogens with two attached hydrogens (primary N) is 2. The summed E-state index contributed by atoms with van der Waals surface area (Å²) in [5.74, 6) is 0. The number of piperazine rings is 1. The molecule has 5 N–H and O–H groups in total. The fourth-order valence-electron chi connectivity index (χ4n) is 1.23. The minimum Gasteiger partial charge on any atom is -0.388 e. The van der Waals surface area contributed by atoms with Gasteiger partial charge in [-0.1, -0.05) is 23.2 Å². The summed E-state index contributed by atoms with van der Waals surface area (Å²) in [6, 6.07) is 0. The molecule has 6 heteroatoms. The van der Waals surface area contributed by atoms with Gasteiger partial charge < -0.3 is 21.7 Å². The Bertz CT molecular complexity index is 264. The molecule has 0 aromatic carbocycles. The molecule has 0 atom stereocenters. The SMILES string of the molecule is CN1CCNC(=C(/N)Cl)/C1=C(\N)Cl. The van der Waals surface area contributed by atoms with E-state index in [-0.39, 0.29) is 10.3 Å². The van der Waals surface area contributed by atoms with Gasteiger partial charge in [0.05, 0.1) is 11.4 Å². The summed E-state index contributed by atoms with van der Waals surface area (Å²) in [6.45, 7) is 1.59. The number of hydrogen-bond acceptors (Lipinski definition) is 4. The molecule has 0 aliphatic carbocycles. The van der Waals surface area contributed by atoms with E-state index >= 15 is 0 Å². The number of nitrogens with zero attached hydrogens (tertiary/aromatic N) is 1. The molecule has 13 heavy (non-hydrogen) atoms. The van der Waals surface area contributed by atoms with E-state index in [2.05, 4.69) is 5.32 Å². The maximum atomic E-state index is 5.72. The fraction of sp³-hybridized carbons (Fsp3) is 0.429. The number of rotatable bonds is 0. The molecule has 74 valence electrons. The van der Waals surface area contributed by atoms with Crippen molar-refractivity contribution in [3.8, 4) is 0 Å². The second-order valence-electron chi connectivity index (χ2n) is 2.77. The Hall–Kier alpha value is -0.740. The van der Waals surface area contributed by atoms with E-state index in [9.17, 15) is 0 Å². The average Bonchev–Trinajstić information content (AvgIpc) is 2.02. The second-order valence-corrected chi connectivity index (χ2v) is 3.58. The first-order valence-electron chi connectivity index (χ1n) is 3.80. The zero-order valence-corrected chi connectivity index (χ0v) is 8.78. The Morgan fingerprint density at radius 2 is 2.00 bits per heavy atom. The van der Waals surface area contributed by atoms with Crippen molar-refractivity contribution in [1.29, 1.82) is 0 Å². The zero-order valence-electron chi connectivity index (χ0n) is 7.27. The smallest absolute Gasteiger partial charge is 0.125 e. The van der Waals surface area contributed by atoms with Crippen LogP contribution in [0.1, 0.15) is 0 Å². The van der Waals surface area contributed by atoms with Gasteiger partial charge in [0.2, 0.25) is 0 Å². The van der Waals surface area contributed by atoms with Crippen LogP contribution in [0.25, 0.3) is 0 Å². The van der Waals surface area contributed by atoms with Gasteiger partial charge in [0.1, 0.15) is 10.3 Å². The van der Waals surface area contributed by atoms with Crippen molar-refractivity contribution in [3.63, 3.8) is 0 Å². The van der Waals surface area contributed by atoms with Crippen molar-refractivity contribution in [2.24, 2.45) is 11.5 Å².